The highest BCUT2D eigenvalue weighted by Gasteiger charge is 2.21. The Balaban J connectivity index is 2.02. The van der Waals surface area contributed by atoms with Crippen LogP contribution in [-0.2, 0) is 0 Å². The van der Waals surface area contributed by atoms with Gasteiger partial charge in [-0.2, -0.15) is 0 Å². The van der Waals surface area contributed by atoms with Gasteiger partial charge in [-0.25, -0.2) is 0 Å². The maximum absolute atomic E-state index is 12.2. The van der Waals surface area contributed by atoms with E-state index >= 15 is 0 Å². The summed E-state index contributed by atoms with van der Waals surface area (Å²) >= 11 is 6.81. The van der Waals surface area contributed by atoms with Gasteiger partial charge in [0.15, 0.2) is 0 Å². The number of carbonyl (C=O) groups excluding carboxylic acids is 1. The van der Waals surface area contributed by atoms with Gasteiger partial charge in [-0.3, -0.25) is 4.79 Å². The molecular weight excluding hydrogens is 358 g/mol. The Bertz CT molecular complexity index is 427. The number of rotatable bonds is 2. The van der Waals surface area contributed by atoms with E-state index in [9.17, 15) is 4.79 Å². The maximum atomic E-state index is 12.2. The molecule has 1 N–H and O–H groups in total. The molecule has 1 amide bonds. The van der Waals surface area contributed by atoms with Crippen molar-refractivity contribution in [3.8, 4) is 0 Å². The average molecular weight is 375 g/mol. The third-order valence-corrected chi connectivity index (χ3v) is 4.31. The third kappa shape index (κ3) is 3.82. The fourth-order valence-corrected chi connectivity index (χ4v) is 3.81. The molecule has 0 radical (unpaired) electrons. The molecular formula is C14H17Br2NO. The van der Waals surface area contributed by atoms with E-state index in [1.807, 2.05) is 18.2 Å². The highest BCUT2D eigenvalue weighted by atomic mass is 79.9. The van der Waals surface area contributed by atoms with Crippen molar-refractivity contribution in [3.63, 3.8) is 0 Å². The molecule has 18 heavy (non-hydrogen) atoms. The average Bonchev–Trinajstić information content (AvgIpc) is 2.27. The molecule has 1 aliphatic rings. The van der Waals surface area contributed by atoms with Crippen molar-refractivity contribution >= 4 is 37.8 Å². The van der Waals surface area contributed by atoms with Crippen LogP contribution in [-0.4, -0.2) is 11.9 Å². The second-order valence-electron chi connectivity index (χ2n) is 5.10. The molecule has 0 aromatic heterocycles. The molecule has 1 aliphatic carbocycles. The summed E-state index contributed by atoms with van der Waals surface area (Å²) in [5, 5.41) is 3.14. The number of nitrogens with one attached hydrogen (secondary N) is 1. The Kier molecular flexibility index (Phi) is 4.84. The summed E-state index contributed by atoms with van der Waals surface area (Å²) in [4.78, 5) is 12.2. The fraction of sp³-hybridized carbons (Fsp3) is 0.500. The lowest BCUT2D eigenvalue weighted by Gasteiger charge is -2.27. The fourth-order valence-electron chi connectivity index (χ4n) is 2.52. The summed E-state index contributed by atoms with van der Waals surface area (Å²) in [5.74, 6) is 0.745. The monoisotopic (exact) mass is 373 g/mol. The van der Waals surface area contributed by atoms with Crippen LogP contribution in [0.1, 0.15) is 43.0 Å². The Hall–Kier alpha value is -0.350. The van der Waals surface area contributed by atoms with Crippen LogP contribution in [0.3, 0.4) is 0 Å². The van der Waals surface area contributed by atoms with Gasteiger partial charge in [0.1, 0.15) is 0 Å². The molecule has 2 rings (SSSR count). The molecule has 1 aromatic carbocycles. The van der Waals surface area contributed by atoms with Gasteiger partial charge in [0.2, 0.25) is 0 Å². The Morgan fingerprint density at radius 3 is 2.50 bits per heavy atom. The van der Waals surface area contributed by atoms with E-state index in [1.54, 1.807) is 0 Å². The summed E-state index contributed by atoms with van der Waals surface area (Å²) in [5.41, 5.74) is 0.703. The quantitative estimate of drug-likeness (QED) is 0.809. The lowest BCUT2D eigenvalue weighted by molar-refractivity contribution is 0.0921. The van der Waals surface area contributed by atoms with Gasteiger partial charge in [-0.1, -0.05) is 51.6 Å². The van der Waals surface area contributed by atoms with Crippen LogP contribution in [0.5, 0.6) is 0 Å². The first-order valence-corrected chi connectivity index (χ1v) is 7.90. The van der Waals surface area contributed by atoms with E-state index in [0.29, 0.717) is 11.6 Å². The van der Waals surface area contributed by atoms with Crippen molar-refractivity contribution in [2.24, 2.45) is 5.92 Å². The standard InChI is InChI=1S/C14H17Br2NO/c1-9-3-2-4-13(5-9)17-14(18)10-6-11(15)8-12(16)7-10/h6-9,13H,2-5H2,1H3,(H,17,18). The lowest BCUT2D eigenvalue weighted by Crippen LogP contribution is -2.37. The van der Waals surface area contributed by atoms with Crippen molar-refractivity contribution in [1.82, 2.24) is 5.32 Å². The second-order valence-corrected chi connectivity index (χ2v) is 6.93. The molecule has 2 atom stereocenters. The Morgan fingerprint density at radius 1 is 1.22 bits per heavy atom. The summed E-state index contributed by atoms with van der Waals surface area (Å²) in [6, 6.07) is 5.97. The van der Waals surface area contributed by atoms with Gasteiger partial charge in [-0.05, 0) is 37.0 Å². The number of halogens is 2. The van der Waals surface area contributed by atoms with Gasteiger partial charge in [0.25, 0.3) is 5.91 Å². The molecule has 0 heterocycles. The van der Waals surface area contributed by atoms with E-state index < -0.39 is 0 Å². The summed E-state index contributed by atoms with van der Waals surface area (Å²) in [6.07, 6.45) is 4.70. The first-order chi connectivity index (χ1) is 8.54. The highest BCUT2D eigenvalue weighted by molar-refractivity contribution is 9.11. The van der Waals surface area contributed by atoms with E-state index in [4.69, 9.17) is 0 Å². The second kappa shape index (κ2) is 6.20. The summed E-state index contributed by atoms with van der Waals surface area (Å²) in [6.45, 7) is 2.26. The van der Waals surface area contributed by atoms with E-state index in [2.05, 4.69) is 44.1 Å². The molecule has 0 bridgehead atoms. The van der Waals surface area contributed by atoms with Crippen molar-refractivity contribution in [2.45, 2.75) is 38.6 Å². The molecule has 98 valence electrons. The maximum Gasteiger partial charge on any atom is 0.251 e. The van der Waals surface area contributed by atoms with Gasteiger partial charge in [0.05, 0.1) is 0 Å². The number of amides is 1. The molecule has 0 spiro atoms. The Morgan fingerprint density at radius 2 is 1.89 bits per heavy atom. The van der Waals surface area contributed by atoms with E-state index in [0.717, 1.165) is 27.7 Å². The molecule has 1 aromatic rings. The minimum Gasteiger partial charge on any atom is -0.349 e. The number of hydrogen-bond acceptors (Lipinski definition) is 1. The molecule has 2 unspecified atom stereocenters. The van der Waals surface area contributed by atoms with Gasteiger partial charge in [0, 0.05) is 20.6 Å². The number of hydrogen-bond donors (Lipinski definition) is 1. The van der Waals surface area contributed by atoms with Gasteiger partial charge >= 0.3 is 0 Å². The van der Waals surface area contributed by atoms with Gasteiger partial charge < -0.3 is 5.32 Å². The van der Waals surface area contributed by atoms with Crippen LogP contribution < -0.4 is 5.32 Å². The van der Waals surface area contributed by atoms with E-state index in [1.165, 1.54) is 12.8 Å². The normalized spacial score (nSPS) is 23.7. The topological polar surface area (TPSA) is 29.1 Å². The van der Waals surface area contributed by atoms with E-state index in [-0.39, 0.29) is 5.91 Å². The summed E-state index contributed by atoms with van der Waals surface area (Å²) < 4.78 is 1.83. The minimum absolute atomic E-state index is 0.0242. The zero-order chi connectivity index (χ0) is 13.1. The van der Waals surface area contributed by atoms with Crippen LogP contribution in [0.4, 0.5) is 0 Å². The smallest absolute Gasteiger partial charge is 0.251 e. The molecule has 1 saturated carbocycles. The molecule has 2 nitrogen and oxygen atoms in total. The lowest BCUT2D eigenvalue weighted by atomic mass is 9.87. The number of benzene rings is 1. The number of carbonyl (C=O) groups is 1. The summed E-state index contributed by atoms with van der Waals surface area (Å²) in [7, 11) is 0. The van der Waals surface area contributed by atoms with Crippen molar-refractivity contribution in [2.75, 3.05) is 0 Å². The SMILES string of the molecule is CC1CCCC(NC(=O)c2cc(Br)cc(Br)c2)C1. The van der Waals surface area contributed by atoms with Crippen LogP contribution >= 0.6 is 31.9 Å². The Labute approximate surface area is 125 Å². The molecule has 0 saturated heterocycles. The molecule has 0 aliphatic heterocycles. The van der Waals surface area contributed by atoms with Crippen LogP contribution in [0.15, 0.2) is 27.1 Å². The predicted molar refractivity (Wildman–Crippen MR) is 80.7 cm³/mol. The third-order valence-electron chi connectivity index (χ3n) is 3.40. The highest BCUT2D eigenvalue weighted by Crippen LogP contribution is 2.24. The first kappa shape index (κ1) is 14.1. The molecule has 4 heteroatoms. The van der Waals surface area contributed by atoms with Crippen molar-refractivity contribution in [1.29, 1.82) is 0 Å². The van der Waals surface area contributed by atoms with Crippen LogP contribution in [0.2, 0.25) is 0 Å². The zero-order valence-corrected chi connectivity index (χ0v) is 13.6. The predicted octanol–water partition coefficient (Wildman–Crippen LogP) is 4.52. The minimum atomic E-state index is 0.0242. The largest absolute Gasteiger partial charge is 0.349 e. The van der Waals surface area contributed by atoms with Crippen LogP contribution in [0, 0.1) is 5.92 Å². The molecule has 1 fully saturated rings. The van der Waals surface area contributed by atoms with Gasteiger partial charge in [-0.15, -0.1) is 0 Å². The van der Waals surface area contributed by atoms with Crippen LogP contribution in [0.25, 0.3) is 0 Å². The van der Waals surface area contributed by atoms with Crippen molar-refractivity contribution < 1.29 is 4.79 Å². The van der Waals surface area contributed by atoms with Crippen molar-refractivity contribution in [3.05, 3.63) is 32.7 Å². The zero-order valence-electron chi connectivity index (χ0n) is 10.4. The first-order valence-electron chi connectivity index (χ1n) is 6.31.